The first-order valence-electron chi connectivity index (χ1n) is 9.39. The van der Waals surface area contributed by atoms with Gasteiger partial charge in [-0.25, -0.2) is 5.43 Å². The normalized spacial score (nSPS) is 11.2. The lowest BCUT2D eigenvalue weighted by atomic mass is 10.1. The van der Waals surface area contributed by atoms with Crippen molar-refractivity contribution in [3.8, 4) is 5.75 Å². The first kappa shape index (κ1) is 22.2. The monoisotopic (exact) mass is 483 g/mol. The highest BCUT2D eigenvalue weighted by atomic mass is 79.9. The lowest BCUT2D eigenvalue weighted by Gasteiger charge is -2.08. The van der Waals surface area contributed by atoms with Gasteiger partial charge < -0.3 is 10.1 Å². The Balaban J connectivity index is 1.64. The predicted octanol–water partition coefficient (Wildman–Crippen LogP) is 3.91. The standard InChI is InChI=1S/C22H22BrN5O3/c1-13(25-26-22(30)20-19(23)14(2)27-28(20)3)15-5-9-17(10-6-15)24-21(29)16-7-11-18(31-4)12-8-16/h5-12H,1-4H3,(H,24,29)(H,26,30)/b25-13+. The highest BCUT2D eigenvalue weighted by Gasteiger charge is 2.18. The van der Waals surface area contributed by atoms with E-state index in [1.807, 2.05) is 19.1 Å². The van der Waals surface area contributed by atoms with Crippen LogP contribution in [0, 0.1) is 6.92 Å². The van der Waals surface area contributed by atoms with Gasteiger partial charge in [-0.05, 0) is 71.7 Å². The molecule has 8 nitrogen and oxygen atoms in total. The maximum absolute atomic E-state index is 12.4. The van der Waals surface area contributed by atoms with Gasteiger partial charge in [0.2, 0.25) is 0 Å². The lowest BCUT2D eigenvalue weighted by Crippen LogP contribution is -2.22. The zero-order valence-electron chi connectivity index (χ0n) is 17.6. The zero-order valence-corrected chi connectivity index (χ0v) is 19.1. The summed E-state index contributed by atoms with van der Waals surface area (Å²) < 4.78 is 7.24. The van der Waals surface area contributed by atoms with Crippen molar-refractivity contribution >= 4 is 39.1 Å². The van der Waals surface area contributed by atoms with Gasteiger partial charge in [0.05, 0.1) is 23.0 Å². The Morgan fingerprint density at radius 2 is 1.65 bits per heavy atom. The first-order chi connectivity index (χ1) is 14.8. The third kappa shape index (κ3) is 5.18. The van der Waals surface area contributed by atoms with Crippen LogP contribution in [-0.2, 0) is 7.05 Å². The van der Waals surface area contributed by atoms with Crippen LogP contribution in [0.25, 0.3) is 0 Å². The summed E-state index contributed by atoms with van der Waals surface area (Å²) in [5.41, 5.74) is 6.27. The molecule has 0 fully saturated rings. The number of ether oxygens (including phenoxy) is 1. The van der Waals surface area contributed by atoms with Crippen LogP contribution in [0.2, 0.25) is 0 Å². The quantitative estimate of drug-likeness (QED) is 0.410. The highest BCUT2D eigenvalue weighted by molar-refractivity contribution is 9.10. The number of carbonyl (C=O) groups is 2. The molecular weight excluding hydrogens is 462 g/mol. The lowest BCUT2D eigenvalue weighted by molar-refractivity contribution is 0.0944. The molecule has 1 aromatic heterocycles. The number of halogens is 1. The third-order valence-corrected chi connectivity index (χ3v) is 5.55. The van der Waals surface area contributed by atoms with Crippen LogP contribution >= 0.6 is 15.9 Å². The van der Waals surface area contributed by atoms with E-state index in [1.165, 1.54) is 4.68 Å². The minimum Gasteiger partial charge on any atom is -0.497 e. The summed E-state index contributed by atoms with van der Waals surface area (Å²) in [4.78, 5) is 24.8. The van der Waals surface area contributed by atoms with Gasteiger partial charge in [-0.2, -0.15) is 10.2 Å². The summed E-state index contributed by atoms with van der Waals surface area (Å²) in [6, 6.07) is 14.1. The molecule has 0 radical (unpaired) electrons. The molecule has 0 aliphatic rings. The number of hydrazone groups is 1. The Morgan fingerprint density at radius 1 is 1.03 bits per heavy atom. The number of aryl methyl sites for hydroxylation is 2. The van der Waals surface area contributed by atoms with Crippen molar-refractivity contribution in [2.75, 3.05) is 12.4 Å². The minimum absolute atomic E-state index is 0.217. The van der Waals surface area contributed by atoms with Gasteiger partial charge in [0.1, 0.15) is 11.4 Å². The molecule has 2 N–H and O–H groups in total. The molecule has 3 rings (SSSR count). The molecule has 0 bridgehead atoms. The van der Waals surface area contributed by atoms with Crippen LogP contribution in [0.15, 0.2) is 58.1 Å². The Bertz CT molecular complexity index is 1140. The maximum Gasteiger partial charge on any atom is 0.290 e. The summed E-state index contributed by atoms with van der Waals surface area (Å²) in [5.74, 6) is 0.108. The smallest absolute Gasteiger partial charge is 0.290 e. The van der Waals surface area contributed by atoms with E-state index < -0.39 is 0 Å². The number of amides is 2. The number of anilines is 1. The number of carbonyl (C=O) groups excluding carboxylic acids is 2. The fourth-order valence-electron chi connectivity index (χ4n) is 2.87. The zero-order chi connectivity index (χ0) is 22.5. The van der Waals surface area contributed by atoms with E-state index in [0.29, 0.717) is 32.9 Å². The van der Waals surface area contributed by atoms with E-state index in [-0.39, 0.29) is 11.8 Å². The third-order valence-electron chi connectivity index (χ3n) is 4.60. The number of nitrogens with one attached hydrogen (secondary N) is 2. The second-order valence-corrected chi connectivity index (χ2v) is 7.56. The molecule has 0 saturated heterocycles. The second-order valence-electron chi connectivity index (χ2n) is 6.77. The molecule has 0 atom stereocenters. The molecule has 2 aromatic carbocycles. The van der Waals surface area contributed by atoms with Crippen molar-refractivity contribution in [3.63, 3.8) is 0 Å². The van der Waals surface area contributed by atoms with Gasteiger partial charge in [-0.15, -0.1) is 0 Å². The summed E-state index contributed by atoms with van der Waals surface area (Å²) in [6.45, 7) is 3.60. The number of aromatic nitrogens is 2. The topological polar surface area (TPSA) is 97.6 Å². The highest BCUT2D eigenvalue weighted by Crippen LogP contribution is 2.20. The molecule has 1 heterocycles. The van der Waals surface area contributed by atoms with Gasteiger partial charge in [0, 0.05) is 18.3 Å². The van der Waals surface area contributed by atoms with Crippen molar-refractivity contribution in [2.24, 2.45) is 12.1 Å². The van der Waals surface area contributed by atoms with Crippen molar-refractivity contribution in [2.45, 2.75) is 13.8 Å². The van der Waals surface area contributed by atoms with Crippen LogP contribution in [0.5, 0.6) is 5.75 Å². The average Bonchev–Trinajstić information content (AvgIpc) is 3.03. The molecular formula is C22H22BrN5O3. The van der Waals surface area contributed by atoms with Crippen LogP contribution in [0.1, 0.15) is 39.0 Å². The Kier molecular flexibility index (Phi) is 6.86. The summed E-state index contributed by atoms with van der Waals surface area (Å²) >= 11 is 3.37. The molecule has 0 unspecified atom stereocenters. The first-order valence-corrected chi connectivity index (χ1v) is 10.2. The number of hydrogen-bond donors (Lipinski definition) is 2. The molecule has 0 saturated carbocycles. The Morgan fingerprint density at radius 3 is 2.19 bits per heavy atom. The van der Waals surface area contributed by atoms with Crippen LogP contribution in [0.3, 0.4) is 0 Å². The minimum atomic E-state index is -0.363. The molecule has 0 aliphatic carbocycles. The largest absolute Gasteiger partial charge is 0.497 e. The van der Waals surface area contributed by atoms with E-state index in [1.54, 1.807) is 57.5 Å². The average molecular weight is 484 g/mol. The molecule has 160 valence electrons. The number of nitrogens with zero attached hydrogens (tertiary/aromatic N) is 3. The molecule has 9 heteroatoms. The maximum atomic E-state index is 12.4. The Labute approximate surface area is 188 Å². The number of hydrogen-bond acceptors (Lipinski definition) is 5. The molecule has 0 aliphatic heterocycles. The SMILES string of the molecule is COc1ccc(C(=O)Nc2ccc(/C(C)=N/NC(=O)c3c(Br)c(C)nn3C)cc2)cc1. The molecule has 0 spiro atoms. The molecule has 2 amide bonds. The van der Waals surface area contributed by atoms with Gasteiger partial charge in [-0.3, -0.25) is 14.3 Å². The summed E-state index contributed by atoms with van der Waals surface area (Å²) in [7, 11) is 3.27. The van der Waals surface area contributed by atoms with E-state index in [0.717, 1.165) is 11.3 Å². The van der Waals surface area contributed by atoms with Crippen LogP contribution < -0.4 is 15.5 Å². The van der Waals surface area contributed by atoms with E-state index in [9.17, 15) is 9.59 Å². The molecule has 3 aromatic rings. The van der Waals surface area contributed by atoms with E-state index in [4.69, 9.17) is 4.74 Å². The van der Waals surface area contributed by atoms with Crippen molar-refractivity contribution in [1.82, 2.24) is 15.2 Å². The van der Waals surface area contributed by atoms with Crippen molar-refractivity contribution in [1.29, 1.82) is 0 Å². The second kappa shape index (κ2) is 9.57. The summed E-state index contributed by atoms with van der Waals surface area (Å²) in [6.07, 6.45) is 0. The number of benzene rings is 2. The number of rotatable bonds is 6. The van der Waals surface area contributed by atoms with Gasteiger partial charge >= 0.3 is 0 Å². The number of methoxy groups -OCH3 is 1. The van der Waals surface area contributed by atoms with Gasteiger partial charge in [-0.1, -0.05) is 12.1 Å². The summed E-state index contributed by atoms with van der Waals surface area (Å²) in [5, 5.41) is 11.2. The van der Waals surface area contributed by atoms with E-state index >= 15 is 0 Å². The van der Waals surface area contributed by atoms with Crippen LogP contribution in [0.4, 0.5) is 5.69 Å². The van der Waals surface area contributed by atoms with Crippen LogP contribution in [-0.4, -0.2) is 34.4 Å². The van der Waals surface area contributed by atoms with Gasteiger partial charge in [0.15, 0.2) is 0 Å². The van der Waals surface area contributed by atoms with Gasteiger partial charge in [0.25, 0.3) is 11.8 Å². The predicted molar refractivity (Wildman–Crippen MR) is 123 cm³/mol. The van der Waals surface area contributed by atoms with E-state index in [2.05, 4.69) is 36.9 Å². The fourth-order valence-corrected chi connectivity index (χ4v) is 3.39. The molecule has 31 heavy (non-hydrogen) atoms. The fraction of sp³-hybridized carbons (Fsp3) is 0.182. The van der Waals surface area contributed by atoms with Crippen molar-refractivity contribution in [3.05, 3.63) is 75.5 Å². The Hall–Kier alpha value is -3.46. The van der Waals surface area contributed by atoms with Crippen molar-refractivity contribution < 1.29 is 14.3 Å².